The summed E-state index contributed by atoms with van der Waals surface area (Å²) in [5, 5.41) is 5.40. The van der Waals surface area contributed by atoms with E-state index in [9.17, 15) is 22.8 Å². The van der Waals surface area contributed by atoms with E-state index in [1.54, 1.807) is 0 Å². The van der Waals surface area contributed by atoms with E-state index in [0.29, 0.717) is 11.1 Å². The number of amides is 2. The summed E-state index contributed by atoms with van der Waals surface area (Å²) in [6.07, 6.45) is -2.21. The van der Waals surface area contributed by atoms with Crippen LogP contribution in [0.5, 0.6) is 0 Å². The zero-order valence-electron chi connectivity index (χ0n) is 17.7. The van der Waals surface area contributed by atoms with Crippen LogP contribution in [0.2, 0.25) is 0 Å². The van der Waals surface area contributed by atoms with E-state index in [2.05, 4.69) is 10.6 Å². The third-order valence-corrected chi connectivity index (χ3v) is 5.22. The Morgan fingerprint density at radius 3 is 2.42 bits per heavy atom. The smallest absolute Gasteiger partial charge is 0.418 e. The molecule has 2 amide bonds. The molecule has 0 unspecified atom stereocenters. The van der Waals surface area contributed by atoms with Crippen LogP contribution in [0.1, 0.15) is 32.8 Å². The lowest BCUT2D eigenvalue weighted by atomic mass is 10.0. The van der Waals surface area contributed by atoms with Gasteiger partial charge in [0.2, 0.25) is 5.91 Å². The van der Waals surface area contributed by atoms with E-state index in [1.165, 1.54) is 30.7 Å². The second kappa shape index (κ2) is 8.50. The molecule has 0 aliphatic rings. The number of rotatable bonds is 5. The molecule has 0 spiro atoms. The van der Waals surface area contributed by atoms with Crippen LogP contribution in [-0.4, -0.2) is 11.8 Å². The minimum absolute atomic E-state index is 0.0429. The molecule has 0 bridgehead atoms. The molecule has 2 aromatic carbocycles. The molecule has 0 aliphatic carbocycles. The van der Waals surface area contributed by atoms with Gasteiger partial charge in [-0.3, -0.25) is 9.59 Å². The third kappa shape index (κ3) is 4.77. The summed E-state index contributed by atoms with van der Waals surface area (Å²) in [6.45, 7) is 3.86. The number of carbonyl (C=O) groups is 2. The first-order chi connectivity index (χ1) is 15.6. The maximum atomic E-state index is 13.7. The molecule has 0 saturated carbocycles. The predicted octanol–water partition coefficient (Wildman–Crippen LogP) is 6.09. The highest BCUT2D eigenvalue weighted by molar-refractivity contribution is 6.02. The van der Waals surface area contributed by atoms with Crippen molar-refractivity contribution in [3.05, 3.63) is 83.0 Å². The maximum absolute atomic E-state index is 13.7. The first-order valence-electron chi connectivity index (χ1n) is 9.95. The van der Waals surface area contributed by atoms with Gasteiger partial charge in [-0.25, -0.2) is 0 Å². The van der Waals surface area contributed by atoms with Gasteiger partial charge in [-0.15, -0.1) is 0 Å². The number of carbonyl (C=O) groups excluding carboxylic acids is 2. The average molecular weight is 456 g/mol. The maximum Gasteiger partial charge on any atom is 0.418 e. The second-order valence-corrected chi connectivity index (χ2v) is 7.61. The predicted molar refractivity (Wildman–Crippen MR) is 116 cm³/mol. The highest BCUT2D eigenvalue weighted by Crippen LogP contribution is 2.37. The molecule has 6 nitrogen and oxygen atoms in total. The number of aryl methyl sites for hydroxylation is 2. The summed E-state index contributed by atoms with van der Waals surface area (Å²) < 4.78 is 51.4. The van der Waals surface area contributed by atoms with Crippen LogP contribution in [0, 0.1) is 13.8 Å². The average Bonchev–Trinajstić information content (AvgIpc) is 3.40. The van der Waals surface area contributed by atoms with E-state index in [-0.39, 0.29) is 17.9 Å². The van der Waals surface area contributed by atoms with Crippen molar-refractivity contribution in [2.45, 2.75) is 26.4 Å². The lowest BCUT2D eigenvalue weighted by Crippen LogP contribution is -2.19. The van der Waals surface area contributed by atoms with E-state index in [4.69, 9.17) is 8.83 Å². The highest BCUT2D eigenvalue weighted by atomic mass is 19.4. The van der Waals surface area contributed by atoms with Crippen molar-refractivity contribution in [3.8, 4) is 0 Å². The van der Waals surface area contributed by atoms with Crippen LogP contribution in [-0.2, 0) is 17.4 Å². The Kier molecular flexibility index (Phi) is 5.71. The van der Waals surface area contributed by atoms with Crippen LogP contribution in [0.15, 0.2) is 63.8 Å². The minimum Gasteiger partial charge on any atom is -0.464 e. The van der Waals surface area contributed by atoms with Crippen LogP contribution in [0.4, 0.5) is 24.5 Å². The van der Waals surface area contributed by atoms with Gasteiger partial charge in [-0.1, -0.05) is 0 Å². The molecule has 0 fully saturated rings. The van der Waals surface area contributed by atoms with Crippen molar-refractivity contribution in [1.82, 2.24) is 0 Å². The van der Waals surface area contributed by atoms with Gasteiger partial charge in [0, 0.05) is 16.6 Å². The zero-order valence-corrected chi connectivity index (χ0v) is 17.7. The molecule has 2 aromatic heterocycles. The van der Waals surface area contributed by atoms with Gasteiger partial charge < -0.3 is 19.5 Å². The summed E-state index contributed by atoms with van der Waals surface area (Å²) in [5.41, 5.74) is 1.63. The van der Waals surface area contributed by atoms with E-state index < -0.39 is 29.2 Å². The molecule has 9 heteroatoms. The Balaban J connectivity index is 1.55. The zero-order chi connectivity index (χ0) is 23.8. The number of fused-ring (bicyclic) bond motifs is 1. The quantitative estimate of drug-likeness (QED) is 0.380. The molecule has 2 heterocycles. The fourth-order valence-corrected chi connectivity index (χ4v) is 3.41. The molecule has 0 radical (unpaired) electrons. The molecule has 4 rings (SSSR count). The van der Waals surface area contributed by atoms with E-state index in [1.807, 2.05) is 26.0 Å². The van der Waals surface area contributed by atoms with Crippen LogP contribution in [0.25, 0.3) is 11.0 Å². The number of alkyl halides is 3. The molecule has 0 aliphatic heterocycles. The first kappa shape index (κ1) is 22.2. The largest absolute Gasteiger partial charge is 0.464 e. The summed E-state index contributed by atoms with van der Waals surface area (Å²) in [4.78, 5) is 24.6. The lowest BCUT2D eigenvalue weighted by Gasteiger charge is -2.15. The van der Waals surface area contributed by atoms with Gasteiger partial charge in [0.05, 0.1) is 30.2 Å². The number of anilines is 2. The van der Waals surface area contributed by atoms with Gasteiger partial charge in [0.25, 0.3) is 5.91 Å². The van der Waals surface area contributed by atoms with Crippen molar-refractivity contribution >= 4 is 34.2 Å². The number of furan rings is 2. The SMILES string of the molecule is Cc1cc2occ(CC(=O)Nc3ccc(NC(=O)c4ccco4)cc3C(F)(F)F)c2cc1C. The van der Waals surface area contributed by atoms with Crippen molar-refractivity contribution in [2.75, 3.05) is 10.6 Å². The molecular formula is C24H19F3N2O4. The summed E-state index contributed by atoms with van der Waals surface area (Å²) in [7, 11) is 0. The highest BCUT2D eigenvalue weighted by Gasteiger charge is 2.34. The Labute approximate surface area is 186 Å². The van der Waals surface area contributed by atoms with Gasteiger partial charge >= 0.3 is 6.18 Å². The lowest BCUT2D eigenvalue weighted by molar-refractivity contribution is -0.136. The van der Waals surface area contributed by atoms with Crippen molar-refractivity contribution < 1.29 is 31.6 Å². The normalized spacial score (nSPS) is 11.5. The molecule has 2 N–H and O–H groups in total. The molecular weight excluding hydrogens is 437 g/mol. The second-order valence-electron chi connectivity index (χ2n) is 7.61. The Hall–Kier alpha value is -4.01. The monoisotopic (exact) mass is 456 g/mol. The Morgan fingerprint density at radius 1 is 0.970 bits per heavy atom. The molecule has 4 aromatic rings. The standard InChI is InChI=1S/C24H19F3N2O4/c1-13-8-17-15(12-33-21(17)9-14(13)2)10-22(30)29-19-6-5-16(11-18(19)24(25,26)27)28-23(31)20-4-3-7-32-20/h3-9,11-12H,10H2,1-2H3,(H,28,31)(H,29,30). The number of hydrogen-bond acceptors (Lipinski definition) is 4. The first-order valence-corrected chi connectivity index (χ1v) is 9.95. The fraction of sp³-hybridized carbons (Fsp3) is 0.167. The number of hydrogen-bond donors (Lipinski definition) is 2. The Bertz CT molecular complexity index is 1340. The van der Waals surface area contributed by atoms with Gasteiger partial charge in [0.15, 0.2) is 5.76 Å². The topological polar surface area (TPSA) is 84.5 Å². The molecule has 0 saturated heterocycles. The summed E-state index contributed by atoms with van der Waals surface area (Å²) in [6, 6.07) is 9.73. The number of benzene rings is 2. The Morgan fingerprint density at radius 2 is 1.73 bits per heavy atom. The fourth-order valence-electron chi connectivity index (χ4n) is 3.41. The van der Waals surface area contributed by atoms with Crippen LogP contribution < -0.4 is 10.6 Å². The summed E-state index contributed by atoms with van der Waals surface area (Å²) >= 11 is 0. The van der Waals surface area contributed by atoms with E-state index in [0.717, 1.165) is 28.6 Å². The van der Waals surface area contributed by atoms with Gasteiger partial charge in [-0.2, -0.15) is 13.2 Å². The van der Waals surface area contributed by atoms with Gasteiger partial charge in [-0.05, 0) is 67.4 Å². The van der Waals surface area contributed by atoms with Crippen molar-refractivity contribution in [3.63, 3.8) is 0 Å². The minimum atomic E-state index is -4.76. The van der Waals surface area contributed by atoms with E-state index >= 15 is 0 Å². The third-order valence-electron chi connectivity index (χ3n) is 5.22. The number of halogens is 3. The van der Waals surface area contributed by atoms with Crippen LogP contribution in [0.3, 0.4) is 0 Å². The van der Waals surface area contributed by atoms with Crippen LogP contribution >= 0.6 is 0 Å². The molecule has 33 heavy (non-hydrogen) atoms. The van der Waals surface area contributed by atoms with Gasteiger partial charge in [0.1, 0.15) is 5.58 Å². The van der Waals surface area contributed by atoms with Crippen molar-refractivity contribution in [2.24, 2.45) is 0 Å². The number of nitrogens with one attached hydrogen (secondary N) is 2. The molecule has 170 valence electrons. The van der Waals surface area contributed by atoms with Crippen molar-refractivity contribution in [1.29, 1.82) is 0 Å². The summed E-state index contributed by atoms with van der Waals surface area (Å²) in [5.74, 6) is -1.37. The molecule has 0 atom stereocenters.